The maximum atomic E-state index is 5.65. The molecule has 0 bridgehead atoms. The van der Waals surface area contributed by atoms with E-state index >= 15 is 0 Å². The second kappa shape index (κ2) is 5.65. The van der Waals surface area contributed by atoms with Crippen LogP contribution in [-0.2, 0) is 0 Å². The van der Waals surface area contributed by atoms with Crippen LogP contribution in [-0.4, -0.2) is 28.1 Å². The molecule has 2 heterocycles. The van der Waals surface area contributed by atoms with Crippen LogP contribution in [0.4, 0.5) is 5.82 Å². The Morgan fingerprint density at radius 3 is 2.68 bits per heavy atom. The number of hydrogen-bond acceptors (Lipinski definition) is 5. The molecule has 0 spiro atoms. The zero-order valence-corrected chi connectivity index (χ0v) is 11.6. The molecule has 0 radical (unpaired) electrons. The Kier molecular flexibility index (Phi) is 3.94. The van der Waals surface area contributed by atoms with Gasteiger partial charge in [0.1, 0.15) is 17.9 Å². The number of nitrogens with zero attached hydrogens (tertiary/aromatic N) is 3. The van der Waals surface area contributed by atoms with Crippen LogP contribution in [0, 0.1) is 6.92 Å². The average molecular weight is 258 g/mol. The van der Waals surface area contributed by atoms with Gasteiger partial charge in [0.25, 0.3) is 0 Å². The highest BCUT2D eigenvalue weighted by atomic mass is 16.5. The van der Waals surface area contributed by atoms with Gasteiger partial charge in [0.2, 0.25) is 0 Å². The third-order valence-corrected chi connectivity index (χ3v) is 2.68. The van der Waals surface area contributed by atoms with E-state index in [1.165, 1.54) is 0 Å². The molecule has 19 heavy (non-hydrogen) atoms. The van der Waals surface area contributed by atoms with Crippen molar-refractivity contribution < 1.29 is 4.74 Å². The maximum absolute atomic E-state index is 5.65. The van der Waals surface area contributed by atoms with Crippen LogP contribution in [0.5, 0.6) is 5.75 Å². The lowest BCUT2D eigenvalue weighted by Crippen LogP contribution is -2.06. The summed E-state index contributed by atoms with van der Waals surface area (Å²) < 4.78 is 5.65. The summed E-state index contributed by atoms with van der Waals surface area (Å²) in [5, 5.41) is 3.05. The van der Waals surface area contributed by atoms with Gasteiger partial charge in [0.05, 0.1) is 18.0 Å². The van der Waals surface area contributed by atoms with E-state index in [0.29, 0.717) is 0 Å². The largest absolute Gasteiger partial charge is 0.489 e. The van der Waals surface area contributed by atoms with Gasteiger partial charge in [0.15, 0.2) is 0 Å². The number of anilines is 1. The molecule has 0 fully saturated rings. The minimum Gasteiger partial charge on any atom is -0.489 e. The van der Waals surface area contributed by atoms with Crippen molar-refractivity contribution in [3.8, 4) is 17.0 Å². The zero-order valence-electron chi connectivity index (χ0n) is 11.6. The maximum Gasteiger partial charge on any atom is 0.138 e. The van der Waals surface area contributed by atoms with Crippen molar-refractivity contribution in [3.05, 3.63) is 30.4 Å². The van der Waals surface area contributed by atoms with Crippen LogP contribution in [0.25, 0.3) is 11.3 Å². The molecule has 0 atom stereocenters. The van der Waals surface area contributed by atoms with E-state index in [1.807, 2.05) is 33.9 Å². The van der Waals surface area contributed by atoms with Crippen LogP contribution in [0.2, 0.25) is 0 Å². The van der Waals surface area contributed by atoms with Crippen LogP contribution < -0.4 is 10.1 Å². The lowest BCUT2D eigenvalue weighted by Gasteiger charge is -2.12. The van der Waals surface area contributed by atoms with Gasteiger partial charge < -0.3 is 10.1 Å². The molecule has 0 aliphatic heterocycles. The molecule has 5 nitrogen and oxygen atoms in total. The first-order valence-corrected chi connectivity index (χ1v) is 6.23. The molecule has 0 saturated heterocycles. The predicted octanol–water partition coefficient (Wildman–Crippen LogP) is 2.68. The standard InChI is InChI=1S/C14H18N4O/c1-9(2)19-12-5-11(6-16-7-12)13-10(3)14(15-4)18-8-17-13/h5-9H,1-4H3,(H,15,17,18). The molecule has 0 saturated carbocycles. The molecule has 0 aromatic carbocycles. The van der Waals surface area contributed by atoms with Crippen molar-refractivity contribution in [2.24, 2.45) is 0 Å². The fourth-order valence-corrected chi connectivity index (χ4v) is 1.88. The van der Waals surface area contributed by atoms with Crippen molar-refractivity contribution in [2.75, 3.05) is 12.4 Å². The van der Waals surface area contributed by atoms with Gasteiger partial charge in [-0.15, -0.1) is 0 Å². The van der Waals surface area contributed by atoms with Gasteiger partial charge >= 0.3 is 0 Å². The Labute approximate surface area is 113 Å². The number of rotatable bonds is 4. The first-order valence-electron chi connectivity index (χ1n) is 6.23. The Morgan fingerprint density at radius 2 is 2.00 bits per heavy atom. The Bertz CT molecular complexity index is 569. The van der Waals surface area contributed by atoms with Crippen molar-refractivity contribution in [2.45, 2.75) is 26.9 Å². The highest BCUT2D eigenvalue weighted by Crippen LogP contribution is 2.26. The lowest BCUT2D eigenvalue weighted by molar-refractivity contribution is 0.241. The molecule has 1 N–H and O–H groups in total. The number of nitrogens with one attached hydrogen (secondary N) is 1. The SMILES string of the molecule is CNc1ncnc(-c2cncc(OC(C)C)c2)c1C. The van der Waals surface area contributed by atoms with Gasteiger partial charge in [-0.1, -0.05) is 0 Å². The number of ether oxygens (including phenoxy) is 1. The Hall–Kier alpha value is -2.17. The summed E-state index contributed by atoms with van der Waals surface area (Å²) in [5.41, 5.74) is 2.78. The van der Waals surface area contributed by atoms with Crippen molar-refractivity contribution in [1.29, 1.82) is 0 Å². The molecule has 2 aromatic rings. The highest BCUT2D eigenvalue weighted by molar-refractivity contribution is 5.67. The molecule has 100 valence electrons. The fraction of sp³-hybridized carbons (Fsp3) is 0.357. The van der Waals surface area contributed by atoms with E-state index in [0.717, 1.165) is 28.4 Å². The number of hydrogen-bond donors (Lipinski definition) is 1. The smallest absolute Gasteiger partial charge is 0.138 e. The molecule has 2 aromatic heterocycles. The quantitative estimate of drug-likeness (QED) is 0.913. The summed E-state index contributed by atoms with van der Waals surface area (Å²) in [7, 11) is 1.84. The first kappa shape index (κ1) is 13.3. The minimum absolute atomic E-state index is 0.122. The lowest BCUT2D eigenvalue weighted by atomic mass is 10.1. The Morgan fingerprint density at radius 1 is 1.21 bits per heavy atom. The summed E-state index contributed by atoms with van der Waals surface area (Å²) in [6.07, 6.45) is 5.15. The van der Waals surface area contributed by atoms with E-state index in [-0.39, 0.29) is 6.10 Å². The molecule has 0 aliphatic carbocycles. The third-order valence-electron chi connectivity index (χ3n) is 2.68. The average Bonchev–Trinajstić information content (AvgIpc) is 2.38. The van der Waals surface area contributed by atoms with Crippen LogP contribution in [0.15, 0.2) is 24.8 Å². The van der Waals surface area contributed by atoms with E-state index in [1.54, 1.807) is 18.7 Å². The van der Waals surface area contributed by atoms with Gasteiger partial charge in [0, 0.05) is 24.4 Å². The normalized spacial score (nSPS) is 10.6. The van der Waals surface area contributed by atoms with Crippen LogP contribution in [0.3, 0.4) is 0 Å². The van der Waals surface area contributed by atoms with Gasteiger partial charge in [-0.05, 0) is 26.8 Å². The van der Waals surface area contributed by atoms with Gasteiger partial charge in [-0.2, -0.15) is 0 Å². The zero-order chi connectivity index (χ0) is 13.8. The summed E-state index contributed by atoms with van der Waals surface area (Å²) in [4.78, 5) is 12.7. The molecular weight excluding hydrogens is 240 g/mol. The first-order chi connectivity index (χ1) is 9.11. The molecule has 5 heteroatoms. The molecule has 0 aliphatic rings. The summed E-state index contributed by atoms with van der Waals surface area (Å²) in [6, 6.07) is 1.95. The highest BCUT2D eigenvalue weighted by Gasteiger charge is 2.09. The monoisotopic (exact) mass is 258 g/mol. The van der Waals surface area contributed by atoms with E-state index in [9.17, 15) is 0 Å². The van der Waals surface area contributed by atoms with Crippen LogP contribution >= 0.6 is 0 Å². The Balaban J connectivity index is 2.42. The van der Waals surface area contributed by atoms with Gasteiger partial charge in [-0.25, -0.2) is 9.97 Å². The fourth-order valence-electron chi connectivity index (χ4n) is 1.88. The van der Waals surface area contributed by atoms with Crippen LogP contribution in [0.1, 0.15) is 19.4 Å². The minimum atomic E-state index is 0.122. The second-order valence-electron chi connectivity index (χ2n) is 4.52. The number of pyridine rings is 1. The second-order valence-corrected chi connectivity index (χ2v) is 4.52. The van der Waals surface area contributed by atoms with Crippen molar-refractivity contribution >= 4 is 5.82 Å². The molecular formula is C14H18N4O. The summed E-state index contributed by atoms with van der Waals surface area (Å²) in [6.45, 7) is 5.96. The van der Waals surface area contributed by atoms with E-state index in [2.05, 4.69) is 20.3 Å². The third kappa shape index (κ3) is 2.99. The molecule has 0 unspecified atom stereocenters. The van der Waals surface area contributed by atoms with Crippen molar-refractivity contribution in [1.82, 2.24) is 15.0 Å². The molecule has 2 rings (SSSR count). The predicted molar refractivity (Wildman–Crippen MR) is 75.3 cm³/mol. The van der Waals surface area contributed by atoms with E-state index in [4.69, 9.17) is 4.74 Å². The summed E-state index contributed by atoms with van der Waals surface area (Å²) in [5.74, 6) is 1.57. The van der Waals surface area contributed by atoms with Crippen molar-refractivity contribution in [3.63, 3.8) is 0 Å². The van der Waals surface area contributed by atoms with E-state index < -0.39 is 0 Å². The summed E-state index contributed by atoms with van der Waals surface area (Å²) >= 11 is 0. The topological polar surface area (TPSA) is 59.9 Å². The molecule has 0 amide bonds. The number of aromatic nitrogens is 3. The van der Waals surface area contributed by atoms with Gasteiger partial charge in [-0.3, -0.25) is 4.98 Å².